The van der Waals surface area contributed by atoms with E-state index in [9.17, 15) is 9.59 Å². The highest BCUT2D eigenvalue weighted by Crippen LogP contribution is 2.27. The summed E-state index contributed by atoms with van der Waals surface area (Å²) in [6.45, 7) is 0.392. The van der Waals surface area contributed by atoms with Gasteiger partial charge in [-0.05, 0) is 35.6 Å². The molecule has 0 saturated carbocycles. The average molecular weight is 339 g/mol. The maximum Gasteiger partial charge on any atom is 0.331 e. The second kappa shape index (κ2) is 7.84. The third-order valence-corrected chi connectivity index (χ3v) is 4.49. The second-order valence-corrected chi connectivity index (χ2v) is 6.24. The van der Waals surface area contributed by atoms with Crippen LogP contribution in [0.25, 0.3) is 0 Å². The minimum Gasteiger partial charge on any atom is -0.452 e. The van der Waals surface area contributed by atoms with E-state index in [1.54, 1.807) is 10.3 Å². The Morgan fingerprint density at radius 3 is 2.67 bits per heavy atom. The van der Waals surface area contributed by atoms with Crippen molar-refractivity contribution in [1.29, 1.82) is 0 Å². The lowest BCUT2D eigenvalue weighted by Gasteiger charge is -2.16. The van der Waals surface area contributed by atoms with Gasteiger partial charge in [0.25, 0.3) is 5.91 Å². The molecule has 3 rings (SSSR count). The molecule has 0 fully saturated rings. The molecule has 0 N–H and O–H groups in total. The van der Waals surface area contributed by atoms with Crippen molar-refractivity contribution in [2.45, 2.75) is 11.3 Å². The van der Waals surface area contributed by atoms with Gasteiger partial charge in [-0.3, -0.25) is 4.79 Å². The van der Waals surface area contributed by atoms with Gasteiger partial charge in [-0.25, -0.2) is 4.79 Å². The summed E-state index contributed by atoms with van der Waals surface area (Å²) >= 11 is 1.42. The molecule has 0 saturated heterocycles. The fraction of sp³-hybridized carbons (Fsp3) is 0.158. The van der Waals surface area contributed by atoms with E-state index in [4.69, 9.17) is 4.74 Å². The van der Waals surface area contributed by atoms with Crippen molar-refractivity contribution in [2.75, 3.05) is 18.1 Å². The molecule has 122 valence electrons. The molecule has 0 unspecified atom stereocenters. The number of thioether (sulfide) groups is 1. The summed E-state index contributed by atoms with van der Waals surface area (Å²) in [5, 5.41) is 1.66. The number of para-hydroxylation sites is 1. The van der Waals surface area contributed by atoms with E-state index < -0.39 is 5.97 Å². The number of nitrogens with zero attached hydrogens (tertiary/aromatic N) is 1. The van der Waals surface area contributed by atoms with Crippen molar-refractivity contribution in [3.63, 3.8) is 0 Å². The molecule has 0 spiro atoms. The van der Waals surface area contributed by atoms with Crippen molar-refractivity contribution >= 4 is 29.3 Å². The van der Waals surface area contributed by atoms with Gasteiger partial charge in [-0.1, -0.05) is 48.2 Å². The number of amides is 1. The Labute approximate surface area is 145 Å². The Morgan fingerprint density at radius 1 is 1.08 bits per heavy atom. The number of esters is 1. The number of benzene rings is 2. The van der Waals surface area contributed by atoms with E-state index in [1.165, 1.54) is 17.8 Å². The first kappa shape index (κ1) is 16.3. The van der Waals surface area contributed by atoms with Crippen LogP contribution in [0.1, 0.15) is 5.56 Å². The van der Waals surface area contributed by atoms with Gasteiger partial charge in [0.15, 0.2) is 6.61 Å². The Bertz CT molecular complexity index is 758. The fourth-order valence-electron chi connectivity index (χ4n) is 2.52. The molecule has 0 bridgehead atoms. The van der Waals surface area contributed by atoms with E-state index >= 15 is 0 Å². The van der Waals surface area contributed by atoms with Crippen LogP contribution in [0, 0.1) is 0 Å². The lowest BCUT2D eigenvalue weighted by atomic mass is 10.2. The number of rotatable bonds is 5. The minimum absolute atomic E-state index is 0.197. The first-order valence-corrected chi connectivity index (χ1v) is 8.55. The number of hydrogen-bond acceptors (Lipinski definition) is 4. The molecule has 1 amide bonds. The largest absolute Gasteiger partial charge is 0.452 e. The van der Waals surface area contributed by atoms with E-state index in [1.807, 2.05) is 54.6 Å². The number of fused-ring (bicyclic) bond motifs is 1. The van der Waals surface area contributed by atoms with Gasteiger partial charge in [-0.2, -0.15) is 0 Å². The fourth-order valence-corrected chi connectivity index (χ4v) is 3.17. The summed E-state index contributed by atoms with van der Waals surface area (Å²) in [5.41, 5.74) is 2.06. The summed E-state index contributed by atoms with van der Waals surface area (Å²) in [4.78, 5) is 26.6. The molecule has 1 heterocycles. The van der Waals surface area contributed by atoms with Crippen LogP contribution < -0.4 is 4.90 Å². The third kappa shape index (κ3) is 4.06. The Hall–Kier alpha value is -2.53. The number of ether oxygens (including phenoxy) is 1. The van der Waals surface area contributed by atoms with Crippen LogP contribution in [-0.2, 0) is 20.7 Å². The first-order valence-electron chi connectivity index (χ1n) is 7.67. The monoisotopic (exact) mass is 339 g/mol. The molecule has 2 aromatic carbocycles. The van der Waals surface area contributed by atoms with Crippen LogP contribution in [-0.4, -0.2) is 25.0 Å². The zero-order valence-corrected chi connectivity index (χ0v) is 13.9. The molecule has 0 radical (unpaired) electrons. The van der Waals surface area contributed by atoms with Crippen LogP contribution in [0.4, 0.5) is 5.69 Å². The van der Waals surface area contributed by atoms with Gasteiger partial charge in [0.05, 0.1) is 0 Å². The van der Waals surface area contributed by atoms with Crippen molar-refractivity contribution in [3.05, 3.63) is 71.6 Å². The van der Waals surface area contributed by atoms with Crippen molar-refractivity contribution < 1.29 is 14.3 Å². The second-order valence-electron chi connectivity index (χ2n) is 5.27. The van der Waals surface area contributed by atoms with E-state index in [2.05, 4.69) is 0 Å². The Balaban J connectivity index is 1.47. The van der Waals surface area contributed by atoms with Crippen LogP contribution in [0.2, 0.25) is 0 Å². The molecule has 1 aliphatic rings. The molecular weight excluding hydrogens is 322 g/mol. The summed E-state index contributed by atoms with van der Waals surface area (Å²) in [6, 6.07) is 17.5. The van der Waals surface area contributed by atoms with Gasteiger partial charge >= 0.3 is 5.97 Å². The van der Waals surface area contributed by atoms with Crippen LogP contribution >= 0.6 is 11.8 Å². The Kier molecular flexibility index (Phi) is 5.33. The summed E-state index contributed by atoms with van der Waals surface area (Å²) < 4.78 is 5.04. The number of hydrogen-bond donors (Lipinski definition) is 0. The lowest BCUT2D eigenvalue weighted by molar-refractivity contribution is -0.142. The predicted octanol–water partition coefficient (Wildman–Crippen LogP) is 3.42. The normalized spacial score (nSPS) is 13.1. The van der Waals surface area contributed by atoms with Gasteiger partial charge in [-0.15, -0.1) is 0 Å². The number of anilines is 1. The SMILES string of the molecule is O=C(/C=C/Sc1ccccc1)OCC(=O)N1CCc2ccccc21. The molecule has 0 aromatic heterocycles. The first-order chi connectivity index (χ1) is 11.7. The van der Waals surface area contributed by atoms with Crippen molar-refractivity contribution in [2.24, 2.45) is 0 Å². The zero-order valence-electron chi connectivity index (χ0n) is 13.1. The molecule has 1 aliphatic heterocycles. The summed E-state index contributed by atoms with van der Waals surface area (Å²) in [6.07, 6.45) is 2.17. The van der Waals surface area contributed by atoms with E-state index in [-0.39, 0.29) is 12.5 Å². The minimum atomic E-state index is -0.515. The molecule has 5 heteroatoms. The maximum atomic E-state index is 12.2. The van der Waals surface area contributed by atoms with E-state index in [0.29, 0.717) is 6.54 Å². The van der Waals surface area contributed by atoms with Crippen molar-refractivity contribution in [3.8, 4) is 0 Å². The summed E-state index contributed by atoms with van der Waals surface area (Å²) in [5.74, 6) is -0.711. The molecule has 24 heavy (non-hydrogen) atoms. The molecular formula is C19H17NO3S. The van der Waals surface area contributed by atoms with E-state index in [0.717, 1.165) is 22.6 Å². The lowest BCUT2D eigenvalue weighted by Crippen LogP contribution is -2.33. The third-order valence-electron chi connectivity index (χ3n) is 3.68. The quantitative estimate of drug-likeness (QED) is 0.476. The zero-order chi connectivity index (χ0) is 16.8. The maximum absolute atomic E-state index is 12.2. The standard InChI is InChI=1S/C19H17NO3S/c21-18(20-12-10-15-6-4-5-9-17(15)20)14-23-19(22)11-13-24-16-7-2-1-3-8-16/h1-9,11,13H,10,12,14H2/b13-11+. The van der Waals surface area contributed by atoms with Crippen LogP contribution in [0.5, 0.6) is 0 Å². The molecule has 4 nitrogen and oxygen atoms in total. The van der Waals surface area contributed by atoms with Gasteiger partial charge in [0, 0.05) is 23.2 Å². The Morgan fingerprint density at radius 2 is 1.83 bits per heavy atom. The number of carbonyl (C=O) groups is 2. The molecule has 0 aliphatic carbocycles. The highest BCUT2D eigenvalue weighted by Gasteiger charge is 2.24. The van der Waals surface area contributed by atoms with Crippen LogP contribution in [0.15, 0.2) is 71.0 Å². The summed E-state index contributed by atoms with van der Waals surface area (Å²) in [7, 11) is 0. The highest BCUT2D eigenvalue weighted by molar-refractivity contribution is 8.02. The smallest absolute Gasteiger partial charge is 0.331 e. The molecule has 0 atom stereocenters. The highest BCUT2D eigenvalue weighted by atomic mass is 32.2. The average Bonchev–Trinajstić information content (AvgIpc) is 3.05. The predicted molar refractivity (Wildman–Crippen MR) is 94.9 cm³/mol. The van der Waals surface area contributed by atoms with Gasteiger partial charge in [0.2, 0.25) is 0 Å². The van der Waals surface area contributed by atoms with Gasteiger partial charge in [0.1, 0.15) is 0 Å². The van der Waals surface area contributed by atoms with Crippen molar-refractivity contribution in [1.82, 2.24) is 0 Å². The van der Waals surface area contributed by atoms with Gasteiger partial charge < -0.3 is 9.64 Å². The van der Waals surface area contributed by atoms with Crippen LogP contribution in [0.3, 0.4) is 0 Å². The topological polar surface area (TPSA) is 46.6 Å². The molecule has 2 aromatic rings. The number of carbonyl (C=O) groups excluding carboxylic acids is 2.